The van der Waals surface area contributed by atoms with Crippen LogP contribution in [-0.2, 0) is 0 Å². The van der Waals surface area contributed by atoms with E-state index in [4.69, 9.17) is 0 Å². The first kappa shape index (κ1) is 14.2. The summed E-state index contributed by atoms with van der Waals surface area (Å²) in [6.45, 7) is 3.67. The zero-order valence-electron chi connectivity index (χ0n) is 11.5. The lowest BCUT2D eigenvalue weighted by Crippen LogP contribution is -2.18. The van der Waals surface area contributed by atoms with Crippen LogP contribution in [0.15, 0.2) is 24.3 Å². The number of thiazole rings is 1. The lowest BCUT2D eigenvalue weighted by Gasteiger charge is -2.06. The molecule has 2 aromatic rings. The summed E-state index contributed by atoms with van der Waals surface area (Å²) in [7, 11) is 1.57. The van der Waals surface area contributed by atoms with Crippen molar-refractivity contribution >= 4 is 28.8 Å². The van der Waals surface area contributed by atoms with Crippen LogP contribution in [0.25, 0.3) is 0 Å². The van der Waals surface area contributed by atoms with Crippen LogP contribution in [0.1, 0.15) is 30.7 Å². The zero-order chi connectivity index (χ0) is 14.7. The lowest BCUT2D eigenvalue weighted by molar-refractivity contribution is 0.0961. The molecule has 0 bridgehead atoms. The number of nitrogens with one attached hydrogen (secondary N) is 2. The Kier molecular flexibility index (Phi) is 4.14. The van der Waals surface area contributed by atoms with Gasteiger partial charge in [0.25, 0.3) is 11.8 Å². The van der Waals surface area contributed by atoms with Gasteiger partial charge in [-0.25, -0.2) is 4.98 Å². The minimum absolute atomic E-state index is 0.189. The molecular weight excluding hydrogens is 274 g/mol. The Morgan fingerprint density at radius 1 is 1.20 bits per heavy atom. The normalized spacial score (nSPS) is 10.2. The van der Waals surface area contributed by atoms with Crippen LogP contribution in [0.5, 0.6) is 0 Å². The molecule has 5 nitrogen and oxygen atoms in total. The minimum Gasteiger partial charge on any atom is -0.355 e. The fraction of sp³-hybridized carbons (Fsp3) is 0.214. The second-order valence-corrected chi connectivity index (χ2v) is 5.46. The first-order chi connectivity index (χ1) is 9.51. The van der Waals surface area contributed by atoms with Gasteiger partial charge in [-0.15, -0.1) is 11.3 Å². The molecule has 1 heterocycles. The molecule has 2 amide bonds. The monoisotopic (exact) mass is 289 g/mol. The lowest BCUT2D eigenvalue weighted by atomic mass is 10.2. The van der Waals surface area contributed by atoms with Crippen molar-refractivity contribution in [3.8, 4) is 0 Å². The van der Waals surface area contributed by atoms with E-state index in [9.17, 15) is 9.59 Å². The molecule has 0 aliphatic carbocycles. The maximum atomic E-state index is 12.2. The van der Waals surface area contributed by atoms with Gasteiger partial charge in [0.05, 0.1) is 10.7 Å². The van der Waals surface area contributed by atoms with E-state index in [-0.39, 0.29) is 11.8 Å². The predicted octanol–water partition coefficient (Wildman–Crippen LogP) is 2.37. The third-order valence-electron chi connectivity index (χ3n) is 2.72. The van der Waals surface area contributed by atoms with Crippen molar-refractivity contribution in [3.63, 3.8) is 0 Å². The number of rotatable bonds is 3. The third kappa shape index (κ3) is 3.03. The molecule has 0 aliphatic rings. The predicted molar refractivity (Wildman–Crippen MR) is 79.4 cm³/mol. The van der Waals surface area contributed by atoms with Gasteiger partial charge in [0, 0.05) is 18.3 Å². The van der Waals surface area contributed by atoms with E-state index in [1.165, 1.54) is 11.3 Å². The van der Waals surface area contributed by atoms with Gasteiger partial charge >= 0.3 is 0 Å². The fourth-order valence-electron chi connectivity index (χ4n) is 1.81. The first-order valence-electron chi connectivity index (χ1n) is 6.09. The molecular formula is C14H15N3O2S. The van der Waals surface area contributed by atoms with Gasteiger partial charge in [-0.05, 0) is 32.0 Å². The topological polar surface area (TPSA) is 71.1 Å². The molecule has 0 saturated carbocycles. The molecule has 0 fully saturated rings. The summed E-state index contributed by atoms with van der Waals surface area (Å²) in [6, 6.07) is 6.80. The molecule has 2 N–H and O–H groups in total. The van der Waals surface area contributed by atoms with Gasteiger partial charge in [-0.2, -0.15) is 0 Å². The van der Waals surface area contributed by atoms with Crippen LogP contribution in [0, 0.1) is 13.8 Å². The van der Waals surface area contributed by atoms with Gasteiger partial charge in [0.1, 0.15) is 4.88 Å². The number of nitrogens with zero attached hydrogens (tertiary/aromatic N) is 1. The Balaban J connectivity index is 2.20. The molecule has 2 rings (SSSR count). The molecule has 0 aliphatic heterocycles. The van der Waals surface area contributed by atoms with Crippen molar-refractivity contribution in [2.45, 2.75) is 13.8 Å². The van der Waals surface area contributed by atoms with Crippen molar-refractivity contribution in [2.75, 3.05) is 12.4 Å². The number of carbonyl (C=O) groups excluding carboxylic acids is 2. The van der Waals surface area contributed by atoms with E-state index in [0.717, 1.165) is 5.01 Å². The van der Waals surface area contributed by atoms with Crippen LogP contribution < -0.4 is 10.6 Å². The number of benzene rings is 1. The van der Waals surface area contributed by atoms with Gasteiger partial charge in [-0.3, -0.25) is 9.59 Å². The van der Waals surface area contributed by atoms with Crippen molar-refractivity contribution in [1.82, 2.24) is 10.3 Å². The Labute approximate surface area is 121 Å². The van der Waals surface area contributed by atoms with E-state index in [2.05, 4.69) is 15.6 Å². The second-order valence-electron chi connectivity index (χ2n) is 4.26. The fourth-order valence-corrected chi connectivity index (χ4v) is 2.63. The standard InChI is InChI=1S/C14H15N3O2S/c1-8-12(20-9(2)16-8)14(19)17-11-6-4-5-10(7-11)13(18)15-3/h4-7H,1-3H3,(H,15,18)(H,17,19). The maximum absolute atomic E-state index is 12.2. The number of carbonyl (C=O) groups is 2. The van der Waals surface area contributed by atoms with Crippen molar-refractivity contribution in [1.29, 1.82) is 0 Å². The number of anilines is 1. The van der Waals surface area contributed by atoms with Gasteiger partial charge in [0.15, 0.2) is 0 Å². The van der Waals surface area contributed by atoms with Gasteiger partial charge in [-0.1, -0.05) is 6.07 Å². The number of hydrogen-bond donors (Lipinski definition) is 2. The Bertz CT molecular complexity index is 664. The van der Waals surface area contributed by atoms with Crippen LogP contribution in [0.4, 0.5) is 5.69 Å². The highest BCUT2D eigenvalue weighted by molar-refractivity contribution is 7.13. The highest BCUT2D eigenvalue weighted by Crippen LogP contribution is 2.19. The first-order valence-corrected chi connectivity index (χ1v) is 6.90. The molecule has 0 unspecified atom stereocenters. The van der Waals surface area contributed by atoms with Gasteiger partial charge < -0.3 is 10.6 Å². The molecule has 1 aromatic heterocycles. The summed E-state index contributed by atoms with van der Waals surface area (Å²) < 4.78 is 0. The average molecular weight is 289 g/mol. The Morgan fingerprint density at radius 2 is 1.95 bits per heavy atom. The molecule has 20 heavy (non-hydrogen) atoms. The SMILES string of the molecule is CNC(=O)c1cccc(NC(=O)c2sc(C)nc2C)c1. The third-order valence-corrected chi connectivity index (χ3v) is 3.79. The quantitative estimate of drug-likeness (QED) is 0.911. The summed E-state index contributed by atoms with van der Waals surface area (Å²) in [5, 5.41) is 6.18. The van der Waals surface area contributed by atoms with Crippen molar-refractivity contribution < 1.29 is 9.59 Å². The molecule has 0 saturated heterocycles. The maximum Gasteiger partial charge on any atom is 0.267 e. The van der Waals surface area contributed by atoms with Crippen LogP contribution in [0.3, 0.4) is 0 Å². The minimum atomic E-state index is -0.206. The highest BCUT2D eigenvalue weighted by atomic mass is 32.1. The summed E-state index contributed by atoms with van der Waals surface area (Å²) in [6.07, 6.45) is 0. The number of amides is 2. The van der Waals surface area contributed by atoms with E-state index in [0.29, 0.717) is 21.8 Å². The highest BCUT2D eigenvalue weighted by Gasteiger charge is 2.14. The summed E-state index contributed by atoms with van der Waals surface area (Å²) in [5.74, 6) is -0.395. The molecule has 104 valence electrons. The molecule has 0 radical (unpaired) electrons. The summed E-state index contributed by atoms with van der Waals surface area (Å²) in [5.41, 5.74) is 1.80. The number of aromatic nitrogens is 1. The van der Waals surface area contributed by atoms with E-state index in [1.54, 1.807) is 38.2 Å². The zero-order valence-corrected chi connectivity index (χ0v) is 12.3. The Hall–Kier alpha value is -2.21. The Morgan fingerprint density at radius 3 is 2.55 bits per heavy atom. The molecule has 1 aromatic carbocycles. The molecule has 6 heteroatoms. The molecule has 0 spiro atoms. The van der Waals surface area contributed by atoms with Crippen LogP contribution >= 0.6 is 11.3 Å². The van der Waals surface area contributed by atoms with Gasteiger partial charge in [0.2, 0.25) is 0 Å². The smallest absolute Gasteiger partial charge is 0.267 e. The van der Waals surface area contributed by atoms with Crippen LogP contribution in [-0.4, -0.2) is 23.8 Å². The van der Waals surface area contributed by atoms with Crippen molar-refractivity contribution in [2.24, 2.45) is 0 Å². The second kappa shape index (κ2) is 5.83. The van der Waals surface area contributed by atoms with E-state index < -0.39 is 0 Å². The van der Waals surface area contributed by atoms with Crippen LogP contribution in [0.2, 0.25) is 0 Å². The molecule has 0 atom stereocenters. The average Bonchev–Trinajstić information content (AvgIpc) is 2.77. The largest absolute Gasteiger partial charge is 0.355 e. The van der Waals surface area contributed by atoms with Crippen molar-refractivity contribution in [3.05, 3.63) is 45.4 Å². The van der Waals surface area contributed by atoms with E-state index in [1.807, 2.05) is 6.92 Å². The summed E-state index contributed by atoms with van der Waals surface area (Å²) in [4.78, 5) is 28.5. The number of aryl methyl sites for hydroxylation is 2. The van der Waals surface area contributed by atoms with E-state index >= 15 is 0 Å². The summed E-state index contributed by atoms with van der Waals surface area (Å²) >= 11 is 1.35. The number of hydrogen-bond acceptors (Lipinski definition) is 4.